The van der Waals surface area contributed by atoms with Crippen LogP contribution in [0.5, 0.6) is 0 Å². The minimum absolute atomic E-state index is 0.254. The van der Waals surface area contributed by atoms with Crippen LogP contribution in [0.1, 0.15) is 64.0 Å². The van der Waals surface area contributed by atoms with E-state index in [0.29, 0.717) is 35.7 Å². The molecular weight excluding hydrogens is 492 g/mol. The van der Waals surface area contributed by atoms with Gasteiger partial charge in [0, 0.05) is 29.2 Å². The molecule has 202 valence electrons. The molecule has 0 radical (unpaired) electrons. The number of likely N-dealkylation sites (tertiary alicyclic amines) is 1. The molecule has 37 heavy (non-hydrogen) atoms. The van der Waals surface area contributed by atoms with E-state index in [4.69, 9.17) is 21.1 Å². The lowest BCUT2D eigenvalue weighted by Gasteiger charge is -2.35. The molecule has 0 aliphatic carbocycles. The zero-order chi connectivity index (χ0) is 27.2. The zero-order valence-electron chi connectivity index (χ0n) is 22.5. The van der Waals surface area contributed by atoms with Crippen molar-refractivity contribution in [3.8, 4) is 11.1 Å². The molecule has 0 bridgehead atoms. The van der Waals surface area contributed by atoms with Gasteiger partial charge in [0.2, 0.25) is 0 Å². The van der Waals surface area contributed by atoms with Gasteiger partial charge in [-0.2, -0.15) is 0 Å². The molecule has 0 saturated carbocycles. The van der Waals surface area contributed by atoms with Crippen LogP contribution in [0.4, 0.5) is 9.59 Å². The molecule has 2 aromatic rings. The number of benzene rings is 2. The molecule has 1 heterocycles. The van der Waals surface area contributed by atoms with Gasteiger partial charge < -0.3 is 19.5 Å². The fraction of sp³-hybridized carbons (Fsp3) is 0.517. The predicted molar refractivity (Wildman–Crippen MR) is 145 cm³/mol. The number of methoxy groups -OCH3 is 1. The fourth-order valence-electron chi connectivity index (χ4n) is 4.89. The van der Waals surface area contributed by atoms with E-state index < -0.39 is 17.4 Å². The third-order valence-corrected chi connectivity index (χ3v) is 6.90. The van der Waals surface area contributed by atoms with E-state index in [1.165, 1.54) is 7.11 Å². The van der Waals surface area contributed by atoms with Gasteiger partial charge in [-0.15, -0.1) is 0 Å². The van der Waals surface area contributed by atoms with Crippen LogP contribution in [0.15, 0.2) is 42.5 Å². The average Bonchev–Trinajstić information content (AvgIpc) is 2.83. The number of rotatable bonds is 7. The molecule has 1 fully saturated rings. The number of carbonyl (C=O) groups is 2. The molecular formula is C29H39ClN2O5. The van der Waals surface area contributed by atoms with Crippen molar-refractivity contribution in [3.05, 3.63) is 58.6 Å². The molecule has 7 nitrogen and oxygen atoms in total. The molecule has 1 aliphatic heterocycles. The Kier molecular flexibility index (Phi) is 9.48. The van der Waals surface area contributed by atoms with Crippen LogP contribution in [0.25, 0.3) is 11.1 Å². The minimum Gasteiger partial charge on any atom is -0.453 e. The van der Waals surface area contributed by atoms with Crippen molar-refractivity contribution in [2.75, 3.05) is 20.2 Å². The maximum atomic E-state index is 12.5. The summed E-state index contributed by atoms with van der Waals surface area (Å²) in [7, 11) is 1.27. The van der Waals surface area contributed by atoms with Gasteiger partial charge in [-0.3, -0.25) is 5.32 Å². The Morgan fingerprint density at radius 3 is 2.59 bits per heavy atom. The maximum Gasteiger partial charge on any atom is 0.410 e. The minimum atomic E-state index is -1.70. The molecule has 8 heteroatoms. The summed E-state index contributed by atoms with van der Waals surface area (Å²) in [5.74, 6) is 0.277. The predicted octanol–water partition coefficient (Wildman–Crippen LogP) is 6.63. The Hall–Kier alpha value is -2.77. The van der Waals surface area contributed by atoms with E-state index in [1.807, 2.05) is 52.0 Å². The van der Waals surface area contributed by atoms with Crippen LogP contribution >= 0.6 is 11.6 Å². The number of amides is 2. The number of carbonyl (C=O) groups excluding carboxylic acids is 2. The first-order valence-electron chi connectivity index (χ1n) is 12.8. The number of aliphatic hydroxyl groups is 1. The molecule has 2 N–H and O–H groups in total. The second kappa shape index (κ2) is 12.2. The number of nitrogens with zero attached hydrogens (tertiary/aromatic N) is 1. The smallest absolute Gasteiger partial charge is 0.410 e. The SMILES string of the molecule is COC(=O)NC(O)(CCCC1CCCN(C(=O)OC(C)(C)C)C1)c1cccc(Cl)c1-c1cccc(C)c1. The molecule has 0 spiro atoms. The molecule has 1 aliphatic rings. The summed E-state index contributed by atoms with van der Waals surface area (Å²) in [6, 6.07) is 13.2. The second-order valence-electron chi connectivity index (χ2n) is 10.8. The number of halogens is 1. The first kappa shape index (κ1) is 28.8. The van der Waals surface area contributed by atoms with E-state index in [0.717, 1.165) is 30.4 Å². The van der Waals surface area contributed by atoms with Crippen LogP contribution in [-0.2, 0) is 15.2 Å². The van der Waals surface area contributed by atoms with Gasteiger partial charge in [0.05, 0.1) is 7.11 Å². The van der Waals surface area contributed by atoms with Crippen molar-refractivity contribution in [1.82, 2.24) is 10.2 Å². The van der Waals surface area contributed by atoms with Crippen molar-refractivity contribution in [2.45, 2.75) is 71.1 Å². The quantitative estimate of drug-likeness (QED) is 0.392. The van der Waals surface area contributed by atoms with Crippen LogP contribution < -0.4 is 5.32 Å². The van der Waals surface area contributed by atoms with E-state index in [1.54, 1.807) is 23.1 Å². The lowest BCUT2D eigenvalue weighted by molar-refractivity contribution is -0.0101. The highest BCUT2D eigenvalue weighted by Gasteiger charge is 2.35. The Balaban J connectivity index is 1.79. The lowest BCUT2D eigenvalue weighted by atomic mass is 9.86. The molecule has 2 unspecified atom stereocenters. The number of alkyl carbamates (subject to hydrolysis) is 1. The molecule has 2 amide bonds. The number of nitrogens with one attached hydrogen (secondary N) is 1. The van der Waals surface area contributed by atoms with Crippen LogP contribution in [0.2, 0.25) is 5.02 Å². The van der Waals surface area contributed by atoms with Gasteiger partial charge in [-0.05, 0) is 77.3 Å². The van der Waals surface area contributed by atoms with E-state index in [2.05, 4.69) is 5.32 Å². The first-order valence-corrected chi connectivity index (χ1v) is 13.2. The van der Waals surface area contributed by atoms with E-state index in [9.17, 15) is 14.7 Å². The maximum absolute atomic E-state index is 12.5. The second-order valence-corrected chi connectivity index (χ2v) is 11.2. The Morgan fingerprint density at radius 2 is 1.92 bits per heavy atom. The van der Waals surface area contributed by atoms with Gasteiger partial charge in [0.1, 0.15) is 5.60 Å². The number of piperidine rings is 1. The molecule has 3 rings (SSSR count). The van der Waals surface area contributed by atoms with E-state index >= 15 is 0 Å². The largest absolute Gasteiger partial charge is 0.453 e. The fourth-order valence-corrected chi connectivity index (χ4v) is 5.17. The van der Waals surface area contributed by atoms with Gasteiger partial charge in [0.25, 0.3) is 0 Å². The lowest BCUT2D eigenvalue weighted by Crippen LogP contribution is -2.46. The number of ether oxygens (including phenoxy) is 2. The molecule has 2 atom stereocenters. The number of hydrogen-bond donors (Lipinski definition) is 2. The number of hydrogen-bond acceptors (Lipinski definition) is 5. The molecule has 1 saturated heterocycles. The summed E-state index contributed by atoms with van der Waals surface area (Å²) >= 11 is 6.64. The van der Waals surface area contributed by atoms with Crippen LogP contribution in [0, 0.1) is 12.8 Å². The third kappa shape index (κ3) is 7.86. The van der Waals surface area contributed by atoms with Crippen molar-refractivity contribution in [2.24, 2.45) is 5.92 Å². The van der Waals surface area contributed by atoms with Crippen molar-refractivity contribution >= 4 is 23.8 Å². The van der Waals surface area contributed by atoms with Gasteiger partial charge >= 0.3 is 12.2 Å². The van der Waals surface area contributed by atoms with Crippen LogP contribution in [-0.4, -0.2) is 48.0 Å². The van der Waals surface area contributed by atoms with Crippen LogP contribution in [0.3, 0.4) is 0 Å². The Labute approximate surface area is 225 Å². The monoisotopic (exact) mass is 530 g/mol. The normalized spacial score (nSPS) is 17.6. The summed E-state index contributed by atoms with van der Waals surface area (Å²) in [6.45, 7) is 8.88. The van der Waals surface area contributed by atoms with Crippen molar-refractivity contribution < 1.29 is 24.2 Å². The standard InChI is InChI=1S/C29H39ClN2O5/c1-20-10-6-13-22(18-20)25-23(14-7-15-24(25)30)29(35,31-26(33)36-5)16-8-11-21-12-9-17-32(19-21)27(34)37-28(2,3)4/h6-7,10,13-15,18,21,35H,8-9,11-12,16-17,19H2,1-5H3,(H,31,33). The summed E-state index contributed by atoms with van der Waals surface area (Å²) in [6.07, 6.45) is 2.53. The van der Waals surface area contributed by atoms with Crippen molar-refractivity contribution in [1.29, 1.82) is 0 Å². The zero-order valence-corrected chi connectivity index (χ0v) is 23.2. The summed E-state index contributed by atoms with van der Waals surface area (Å²) in [5, 5.41) is 15.0. The Morgan fingerprint density at radius 1 is 1.19 bits per heavy atom. The van der Waals surface area contributed by atoms with Crippen molar-refractivity contribution in [3.63, 3.8) is 0 Å². The van der Waals surface area contributed by atoms with Gasteiger partial charge in [0.15, 0.2) is 5.72 Å². The highest BCUT2D eigenvalue weighted by Crippen LogP contribution is 2.39. The van der Waals surface area contributed by atoms with E-state index in [-0.39, 0.29) is 18.4 Å². The average molecular weight is 531 g/mol. The summed E-state index contributed by atoms with van der Waals surface area (Å²) in [4.78, 5) is 26.6. The highest BCUT2D eigenvalue weighted by atomic mass is 35.5. The van der Waals surface area contributed by atoms with Gasteiger partial charge in [-0.25, -0.2) is 9.59 Å². The highest BCUT2D eigenvalue weighted by molar-refractivity contribution is 6.33. The molecule has 2 aromatic carbocycles. The number of aryl methyl sites for hydroxylation is 1. The topological polar surface area (TPSA) is 88.1 Å². The summed E-state index contributed by atoms with van der Waals surface area (Å²) in [5.41, 5.74) is 0.851. The third-order valence-electron chi connectivity index (χ3n) is 6.58. The molecule has 0 aromatic heterocycles. The first-order chi connectivity index (χ1) is 17.4. The van der Waals surface area contributed by atoms with Gasteiger partial charge in [-0.1, -0.05) is 53.6 Å². The Bertz CT molecular complexity index is 1100. The summed E-state index contributed by atoms with van der Waals surface area (Å²) < 4.78 is 10.4.